The molecule has 3 amide bonds. The minimum absolute atomic E-state index is 0.000916. The van der Waals surface area contributed by atoms with Crippen LogP contribution in [0.1, 0.15) is 53.8 Å². The molecule has 1 atom stereocenters. The molecule has 0 unspecified atom stereocenters. The summed E-state index contributed by atoms with van der Waals surface area (Å²) in [6, 6.07) is 5.25. The highest BCUT2D eigenvalue weighted by Gasteiger charge is 2.43. The highest BCUT2D eigenvalue weighted by molar-refractivity contribution is 6.22. The summed E-state index contributed by atoms with van der Waals surface area (Å²) in [6.45, 7) is 3.38. The predicted molar refractivity (Wildman–Crippen MR) is 105 cm³/mol. The van der Waals surface area contributed by atoms with Gasteiger partial charge in [0.25, 0.3) is 17.7 Å². The molecule has 9 nitrogen and oxygen atoms in total. The number of methoxy groups -OCH3 is 1. The number of rotatable bonds is 10. The van der Waals surface area contributed by atoms with Crippen molar-refractivity contribution in [3.8, 4) is 0 Å². The van der Waals surface area contributed by atoms with Gasteiger partial charge in [-0.15, -0.1) is 0 Å². The molecule has 1 aromatic carbocycles. The lowest BCUT2D eigenvalue weighted by atomic mass is 10.0. The first-order valence-electron chi connectivity index (χ1n) is 9.73. The van der Waals surface area contributed by atoms with E-state index in [-0.39, 0.29) is 42.4 Å². The fourth-order valence-electron chi connectivity index (χ4n) is 3.09. The minimum Gasteiger partial charge on any atom is -0.469 e. The Morgan fingerprint density at radius 1 is 1.07 bits per heavy atom. The number of carbonyl (C=O) groups is 5. The van der Waals surface area contributed by atoms with Crippen molar-refractivity contribution < 1.29 is 33.4 Å². The van der Waals surface area contributed by atoms with Crippen LogP contribution >= 0.6 is 0 Å². The third kappa shape index (κ3) is 5.65. The van der Waals surface area contributed by atoms with Crippen LogP contribution in [0.2, 0.25) is 0 Å². The zero-order valence-corrected chi connectivity index (χ0v) is 17.3. The monoisotopic (exact) mass is 418 g/mol. The molecule has 162 valence electrons. The quantitative estimate of drug-likeness (QED) is 0.346. The van der Waals surface area contributed by atoms with Gasteiger partial charge >= 0.3 is 11.9 Å². The Hall–Kier alpha value is -3.23. The molecular formula is C21H26N2O7. The third-order valence-corrected chi connectivity index (χ3v) is 4.56. The topological polar surface area (TPSA) is 119 Å². The van der Waals surface area contributed by atoms with E-state index in [1.165, 1.54) is 19.2 Å². The van der Waals surface area contributed by atoms with Gasteiger partial charge in [0.2, 0.25) is 0 Å². The Labute approximate surface area is 174 Å². The van der Waals surface area contributed by atoms with Gasteiger partial charge in [0, 0.05) is 13.0 Å². The van der Waals surface area contributed by atoms with Crippen LogP contribution in [-0.4, -0.2) is 60.9 Å². The molecule has 1 aliphatic rings. The molecule has 9 heteroatoms. The fourth-order valence-corrected chi connectivity index (χ4v) is 3.09. The average Bonchev–Trinajstić information content (AvgIpc) is 2.98. The summed E-state index contributed by atoms with van der Waals surface area (Å²) in [4.78, 5) is 61.9. The van der Waals surface area contributed by atoms with Crippen molar-refractivity contribution in [2.75, 3.05) is 20.3 Å². The van der Waals surface area contributed by atoms with Gasteiger partial charge in [-0.1, -0.05) is 26.0 Å². The Balaban J connectivity index is 1.97. The van der Waals surface area contributed by atoms with Gasteiger partial charge in [-0.05, 0) is 30.9 Å². The van der Waals surface area contributed by atoms with Crippen LogP contribution in [0.25, 0.3) is 0 Å². The largest absolute Gasteiger partial charge is 0.469 e. The van der Waals surface area contributed by atoms with Gasteiger partial charge < -0.3 is 14.8 Å². The van der Waals surface area contributed by atoms with Crippen LogP contribution in [0.5, 0.6) is 0 Å². The fraction of sp³-hybridized carbons (Fsp3) is 0.476. The maximum absolute atomic E-state index is 12.7. The number of hydrogen-bond donors (Lipinski definition) is 1. The lowest BCUT2D eigenvalue weighted by molar-refractivity contribution is -0.152. The Morgan fingerprint density at radius 2 is 1.67 bits per heavy atom. The van der Waals surface area contributed by atoms with E-state index in [9.17, 15) is 24.0 Å². The number of hydrogen-bond acceptors (Lipinski definition) is 7. The predicted octanol–water partition coefficient (Wildman–Crippen LogP) is 1.31. The second kappa shape index (κ2) is 10.5. The molecule has 0 bridgehead atoms. The van der Waals surface area contributed by atoms with Crippen molar-refractivity contribution in [1.29, 1.82) is 0 Å². The number of benzene rings is 1. The summed E-state index contributed by atoms with van der Waals surface area (Å²) >= 11 is 0. The van der Waals surface area contributed by atoms with Gasteiger partial charge in [-0.3, -0.25) is 24.1 Å². The molecule has 0 fully saturated rings. The van der Waals surface area contributed by atoms with Gasteiger partial charge in [0.05, 0.1) is 18.2 Å². The normalized spacial score (nSPS) is 13.8. The van der Waals surface area contributed by atoms with Crippen molar-refractivity contribution in [1.82, 2.24) is 10.2 Å². The number of nitrogens with one attached hydrogen (secondary N) is 1. The smallest absolute Gasteiger partial charge is 0.329 e. The van der Waals surface area contributed by atoms with E-state index in [4.69, 9.17) is 4.74 Å². The molecule has 0 radical (unpaired) electrons. The van der Waals surface area contributed by atoms with Crippen LogP contribution in [0, 0.1) is 5.92 Å². The molecule has 1 aromatic rings. The van der Waals surface area contributed by atoms with Crippen molar-refractivity contribution in [2.45, 2.75) is 39.2 Å². The number of imide groups is 1. The molecule has 1 aliphatic heterocycles. The second-order valence-electron chi connectivity index (χ2n) is 7.31. The first-order chi connectivity index (χ1) is 14.3. The van der Waals surface area contributed by atoms with Crippen molar-refractivity contribution >= 4 is 29.7 Å². The van der Waals surface area contributed by atoms with E-state index >= 15 is 0 Å². The van der Waals surface area contributed by atoms with Crippen LogP contribution in [0.15, 0.2) is 24.3 Å². The lowest BCUT2D eigenvalue weighted by Crippen LogP contribution is -2.47. The van der Waals surface area contributed by atoms with Crippen LogP contribution in [0.3, 0.4) is 0 Å². The van der Waals surface area contributed by atoms with Gasteiger partial charge in [0.1, 0.15) is 6.04 Å². The first kappa shape index (κ1) is 23.1. The van der Waals surface area contributed by atoms with E-state index in [0.29, 0.717) is 6.42 Å². The zero-order chi connectivity index (χ0) is 22.3. The molecular weight excluding hydrogens is 392 g/mol. The number of fused-ring (bicyclic) bond motifs is 1. The Kier molecular flexibility index (Phi) is 8.08. The summed E-state index contributed by atoms with van der Waals surface area (Å²) < 4.78 is 9.59. The Morgan fingerprint density at radius 3 is 2.20 bits per heavy atom. The highest BCUT2D eigenvalue weighted by Crippen LogP contribution is 2.27. The lowest BCUT2D eigenvalue weighted by Gasteiger charge is -2.25. The summed E-state index contributed by atoms with van der Waals surface area (Å²) in [5, 5.41) is 2.53. The van der Waals surface area contributed by atoms with E-state index in [2.05, 4.69) is 10.1 Å². The summed E-state index contributed by atoms with van der Waals surface area (Å²) in [6.07, 6.45) is 0.759. The molecule has 1 N–H and O–H groups in total. The van der Waals surface area contributed by atoms with Gasteiger partial charge in [-0.25, -0.2) is 4.79 Å². The Bertz CT molecular complexity index is 799. The summed E-state index contributed by atoms with van der Waals surface area (Å²) in [5.41, 5.74) is 0.486. The van der Waals surface area contributed by atoms with Crippen molar-refractivity contribution in [2.24, 2.45) is 5.92 Å². The van der Waals surface area contributed by atoms with Gasteiger partial charge in [0.15, 0.2) is 6.61 Å². The number of carbonyl (C=O) groups excluding carboxylic acids is 5. The number of ether oxygens (including phenoxy) is 2. The molecule has 0 saturated heterocycles. The highest BCUT2D eigenvalue weighted by atomic mass is 16.5. The molecule has 1 heterocycles. The summed E-state index contributed by atoms with van der Waals surface area (Å²) in [7, 11) is 1.28. The maximum Gasteiger partial charge on any atom is 0.329 e. The SMILES string of the molecule is COC(=O)CCCNC(=O)COC(=O)[C@@H](CC(C)C)N1C(=O)c2ccccc2C1=O. The summed E-state index contributed by atoms with van der Waals surface area (Å²) in [5.74, 6) is -2.84. The van der Waals surface area contributed by atoms with Crippen molar-refractivity contribution in [3.05, 3.63) is 35.4 Å². The van der Waals surface area contributed by atoms with E-state index < -0.39 is 36.3 Å². The number of esters is 2. The van der Waals surface area contributed by atoms with Crippen molar-refractivity contribution in [3.63, 3.8) is 0 Å². The molecule has 0 aliphatic carbocycles. The van der Waals surface area contributed by atoms with E-state index in [1.807, 2.05) is 13.8 Å². The molecule has 0 saturated carbocycles. The minimum atomic E-state index is -1.12. The molecule has 2 rings (SSSR count). The molecule has 0 spiro atoms. The second-order valence-corrected chi connectivity index (χ2v) is 7.31. The van der Waals surface area contributed by atoms with Crippen LogP contribution < -0.4 is 5.32 Å². The van der Waals surface area contributed by atoms with E-state index in [0.717, 1.165) is 4.90 Å². The van der Waals surface area contributed by atoms with Gasteiger partial charge in [-0.2, -0.15) is 0 Å². The third-order valence-electron chi connectivity index (χ3n) is 4.56. The number of nitrogens with zero attached hydrogens (tertiary/aromatic N) is 1. The van der Waals surface area contributed by atoms with Crippen LogP contribution in [0.4, 0.5) is 0 Å². The standard InChI is InChI=1S/C21H26N2O7/c1-13(2)11-16(23-19(26)14-7-4-5-8-15(14)20(23)27)21(28)30-12-17(24)22-10-6-9-18(25)29-3/h4-5,7-8,13,16H,6,9-12H2,1-3H3,(H,22,24)/t16-/m1/s1. The average molecular weight is 418 g/mol. The maximum atomic E-state index is 12.7. The van der Waals surface area contributed by atoms with Crippen LogP contribution in [-0.2, 0) is 23.9 Å². The zero-order valence-electron chi connectivity index (χ0n) is 17.3. The molecule has 30 heavy (non-hydrogen) atoms. The van der Waals surface area contributed by atoms with E-state index in [1.54, 1.807) is 12.1 Å². The molecule has 0 aromatic heterocycles. The number of amides is 3. The first-order valence-corrected chi connectivity index (χ1v) is 9.73.